The minimum atomic E-state index is -0.784. The average molecular weight is 168 g/mol. The van der Waals surface area contributed by atoms with Gasteiger partial charge in [-0.2, -0.15) is 0 Å². The molecule has 3 heteroatoms. The van der Waals surface area contributed by atoms with Crippen LogP contribution >= 0.6 is 0 Å². The van der Waals surface area contributed by atoms with Gasteiger partial charge in [-0.25, -0.2) is 0 Å². The summed E-state index contributed by atoms with van der Waals surface area (Å²) in [6, 6.07) is 0. The fourth-order valence-corrected chi connectivity index (χ4v) is 1.76. The predicted molar refractivity (Wildman–Crippen MR) is 42.6 cm³/mol. The van der Waals surface area contributed by atoms with Gasteiger partial charge in [0.25, 0.3) is 5.78 Å². The van der Waals surface area contributed by atoms with E-state index < -0.39 is 17.3 Å². The average Bonchev–Trinajstić information content (AvgIpc) is 2.29. The molecule has 0 spiro atoms. The Balaban J connectivity index is 2.95. The maximum atomic E-state index is 11.1. The normalized spacial score (nSPS) is 30.0. The van der Waals surface area contributed by atoms with Crippen molar-refractivity contribution >= 4 is 17.3 Å². The van der Waals surface area contributed by atoms with Gasteiger partial charge in [0.1, 0.15) is 0 Å². The van der Waals surface area contributed by atoms with Crippen LogP contribution in [0, 0.1) is 11.8 Å². The van der Waals surface area contributed by atoms with Gasteiger partial charge in [0.2, 0.25) is 11.6 Å². The minimum Gasteiger partial charge on any atom is -0.290 e. The number of hydrogen-bond acceptors (Lipinski definition) is 3. The zero-order valence-corrected chi connectivity index (χ0v) is 7.29. The van der Waals surface area contributed by atoms with Gasteiger partial charge in [0, 0.05) is 11.8 Å². The van der Waals surface area contributed by atoms with Crippen molar-refractivity contribution in [2.45, 2.75) is 26.7 Å². The Morgan fingerprint density at radius 3 is 1.50 bits per heavy atom. The topological polar surface area (TPSA) is 51.2 Å². The third kappa shape index (κ3) is 1.09. The fourth-order valence-electron chi connectivity index (χ4n) is 1.76. The third-order valence-corrected chi connectivity index (χ3v) is 2.49. The summed E-state index contributed by atoms with van der Waals surface area (Å²) in [6.07, 6.45) is 1.18. The van der Waals surface area contributed by atoms with E-state index in [4.69, 9.17) is 0 Å². The van der Waals surface area contributed by atoms with Crippen LogP contribution < -0.4 is 0 Å². The highest BCUT2D eigenvalue weighted by atomic mass is 16.2. The molecule has 0 N–H and O–H groups in total. The predicted octanol–water partition coefficient (Wildman–Crippen LogP) is 0.760. The van der Waals surface area contributed by atoms with Gasteiger partial charge in [-0.1, -0.05) is 13.8 Å². The maximum Gasteiger partial charge on any atom is 0.264 e. The molecule has 1 fully saturated rings. The van der Waals surface area contributed by atoms with Crippen LogP contribution in [0.15, 0.2) is 0 Å². The molecule has 2 unspecified atom stereocenters. The number of carbonyl (C=O) groups excluding carboxylic acids is 3. The van der Waals surface area contributed by atoms with Crippen molar-refractivity contribution in [3.63, 3.8) is 0 Å². The highest BCUT2D eigenvalue weighted by molar-refractivity contribution is 6.68. The van der Waals surface area contributed by atoms with Crippen molar-refractivity contribution in [2.24, 2.45) is 11.8 Å². The molecule has 1 rings (SSSR count). The summed E-state index contributed by atoms with van der Waals surface area (Å²) in [7, 11) is 0. The molecular weight excluding hydrogens is 156 g/mol. The van der Waals surface area contributed by atoms with Gasteiger partial charge in [-0.3, -0.25) is 14.4 Å². The summed E-state index contributed by atoms with van der Waals surface area (Å²) in [5.41, 5.74) is 0. The summed E-state index contributed by atoms with van der Waals surface area (Å²) in [6.45, 7) is 3.66. The number of ketones is 3. The first-order valence-corrected chi connectivity index (χ1v) is 4.25. The molecule has 1 saturated carbocycles. The molecule has 0 aromatic heterocycles. The molecule has 0 amide bonds. The van der Waals surface area contributed by atoms with E-state index in [1.807, 2.05) is 13.8 Å². The molecule has 3 nitrogen and oxygen atoms in total. The van der Waals surface area contributed by atoms with E-state index in [0.717, 1.165) is 0 Å². The van der Waals surface area contributed by atoms with Crippen LogP contribution in [0.25, 0.3) is 0 Å². The van der Waals surface area contributed by atoms with E-state index in [2.05, 4.69) is 0 Å². The van der Waals surface area contributed by atoms with E-state index >= 15 is 0 Å². The van der Waals surface area contributed by atoms with Crippen molar-refractivity contribution in [3.8, 4) is 0 Å². The van der Waals surface area contributed by atoms with Gasteiger partial charge in [0.15, 0.2) is 0 Å². The van der Waals surface area contributed by atoms with Crippen LogP contribution in [-0.2, 0) is 14.4 Å². The summed E-state index contributed by atoms with van der Waals surface area (Å²) in [4.78, 5) is 33.2. The lowest BCUT2D eigenvalue weighted by molar-refractivity contribution is -0.141. The third-order valence-electron chi connectivity index (χ3n) is 2.49. The number of rotatable bonds is 2. The van der Waals surface area contributed by atoms with Crippen molar-refractivity contribution in [2.75, 3.05) is 0 Å². The highest BCUT2D eigenvalue weighted by Gasteiger charge is 2.46. The first-order chi connectivity index (χ1) is 5.63. The van der Waals surface area contributed by atoms with Crippen molar-refractivity contribution < 1.29 is 14.4 Å². The second-order valence-corrected chi connectivity index (χ2v) is 3.09. The van der Waals surface area contributed by atoms with E-state index in [1.54, 1.807) is 0 Å². The highest BCUT2D eigenvalue weighted by Crippen LogP contribution is 2.28. The molecular formula is C9H12O3. The SMILES string of the molecule is CCC1C(=O)C(=O)C(=O)C1CC. The molecule has 66 valence electrons. The summed E-state index contributed by atoms with van der Waals surface area (Å²) in [5, 5.41) is 0. The van der Waals surface area contributed by atoms with Gasteiger partial charge >= 0.3 is 0 Å². The molecule has 12 heavy (non-hydrogen) atoms. The van der Waals surface area contributed by atoms with Crippen LogP contribution in [-0.4, -0.2) is 17.3 Å². The molecule has 1 aliphatic rings. The van der Waals surface area contributed by atoms with E-state index in [0.29, 0.717) is 12.8 Å². The van der Waals surface area contributed by atoms with E-state index in [1.165, 1.54) is 0 Å². The monoisotopic (exact) mass is 168 g/mol. The minimum absolute atomic E-state index is 0.338. The Labute approximate surface area is 71.1 Å². The number of carbonyl (C=O) groups is 3. The number of Topliss-reactive ketones (excluding diaryl/α,β-unsaturated/α-hetero) is 3. The smallest absolute Gasteiger partial charge is 0.264 e. The van der Waals surface area contributed by atoms with Crippen LogP contribution in [0.5, 0.6) is 0 Å². The number of hydrogen-bond donors (Lipinski definition) is 0. The first-order valence-electron chi connectivity index (χ1n) is 4.25. The Morgan fingerprint density at radius 1 is 0.917 bits per heavy atom. The van der Waals surface area contributed by atoms with Gasteiger partial charge in [-0.05, 0) is 12.8 Å². The van der Waals surface area contributed by atoms with Gasteiger partial charge < -0.3 is 0 Å². The Hall–Kier alpha value is -0.990. The largest absolute Gasteiger partial charge is 0.290 e. The molecule has 0 aromatic rings. The Kier molecular flexibility index (Phi) is 2.40. The molecule has 0 bridgehead atoms. The zero-order chi connectivity index (χ0) is 9.30. The molecule has 2 atom stereocenters. The molecule has 0 aromatic carbocycles. The van der Waals surface area contributed by atoms with Gasteiger partial charge in [0.05, 0.1) is 0 Å². The summed E-state index contributed by atoms with van der Waals surface area (Å²) >= 11 is 0. The fraction of sp³-hybridized carbons (Fsp3) is 0.667. The summed E-state index contributed by atoms with van der Waals surface area (Å²) < 4.78 is 0. The van der Waals surface area contributed by atoms with Crippen molar-refractivity contribution in [3.05, 3.63) is 0 Å². The molecule has 0 saturated heterocycles. The second-order valence-electron chi connectivity index (χ2n) is 3.09. The lowest BCUT2D eigenvalue weighted by atomic mass is 9.91. The van der Waals surface area contributed by atoms with Crippen LogP contribution in [0.2, 0.25) is 0 Å². The van der Waals surface area contributed by atoms with Crippen molar-refractivity contribution in [1.29, 1.82) is 0 Å². The van der Waals surface area contributed by atoms with Crippen LogP contribution in [0.3, 0.4) is 0 Å². The molecule has 0 aliphatic heterocycles. The molecule has 0 radical (unpaired) electrons. The summed E-state index contributed by atoms with van der Waals surface area (Å²) in [5.74, 6) is -2.41. The maximum absolute atomic E-state index is 11.1. The zero-order valence-electron chi connectivity index (χ0n) is 7.29. The lowest BCUT2D eigenvalue weighted by Gasteiger charge is -2.10. The van der Waals surface area contributed by atoms with E-state index in [9.17, 15) is 14.4 Å². The van der Waals surface area contributed by atoms with Crippen LogP contribution in [0.4, 0.5) is 0 Å². The van der Waals surface area contributed by atoms with Crippen LogP contribution in [0.1, 0.15) is 26.7 Å². The molecule has 1 aliphatic carbocycles. The molecule has 0 heterocycles. The van der Waals surface area contributed by atoms with Gasteiger partial charge in [-0.15, -0.1) is 0 Å². The quantitative estimate of drug-likeness (QED) is 0.572. The Bertz CT molecular complexity index is 218. The first kappa shape index (κ1) is 9.10. The van der Waals surface area contributed by atoms with E-state index in [-0.39, 0.29) is 11.8 Å². The Morgan fingerprint density at radius 2 is 1.25 bits per heavy atom. The lowest BCUT2D eigenvalue weighted by Crippen LogP contribution is -2.15. The second kappa shape index (κ2) is 3.17. The van der Waals surface area contributed by atoms with Crippen molar-refractivity contribution in [1.82, 2.24) is 0 Å². The standard InChI is InChI=1S/C9H12O3/c1-3-5-6(4-2)8(11)9(12)7(5)10/h5-6H,3-4H2,1-2H3.